The van der Waals surface area contributed by atoms with E-state index in [9.17, 15) is 9.18 Å². The van der Waals surface area contributed by atoms with Gasteiger partial charge in [-0.2, -0.15) is 5.10 Å². The van der Waals surface area contributed by atoms with Gasteiger partial charge >= 0.3 is 0 Å². The number of amides is 1. The molecule has 2 aromatic carbocycles. The minimum Gasteiger partial charge on any atom is -0.350 e. The summed E-state index contributed by atoms with van der Waals surface area (Å²) in [4.78, 5) is 14.8. The molecular weight excluding hydrogens is 391 g/mol. The molecule has 0 spiro atoms. The normalized spacial score (nSPS) is 12.2. The lowest BCUT2D eigenvalue weighted by Crippen LogP contribution is -2.34. The number of nitrogens with one attached hydrogen (secondary N) is 1. The number of likely N-dealkylation sites (N-methyl/N-ethyl adjacent to an activating group) is 1. The zero-order chi connectivity index (χ0) is 21.0. The molecule has 0 unspecified atom stereocenters. The second kappa shape index (κ2) is 9.20. The average Bonchev–Trinajstić information content (AvgIpc) is 2.95. The van der Waals surface area contributed by atoms with Crippen LogP contribution in [0.1, 0.15) is 33.2 Å². The van der Waals surface area contributed by atoms with E-state index in [-0.39, 0.29) is 17.8 Å². The van der Waals surface area contributed by atoms with Gasteiger partial charge in [0.1, 0.15) is 11.0 Å². The Morgan fingerprint density at radius 1 is 1.21 bits per heavy atom. The largest absolute Gasteiger partial charge is 0.350 e. The third-order valence-corrected chi connectivity index (χ3v) is 5.16. The highest BCUT2D eigenvalue weighted by Gasteiger charge is 2.22. The fraction of sp³-hybridized carbons (Fsp3) is 0.273. The van der Waals surface area contributed by atoms with Crippen molar-refractivity contribution in [2.75, 3.05) is 20.6 Å². The van der Waals surface area contributed by atoms with Crippen LogP contribution >= 0.6 is 11.6 Å². The lowest BCUT2D eigenvalue weighted by atomic mass is 10.1. The molecule has 0 bridgehead atoms. The van der Waals surface area contributed by atoms with E-state index < -0.39 is 0 Å². The highest BCUT2D eigenvalue weighted by molar-refractivity contribution is 6.33. The number of nitrogens with zero attached hydrogens (tertiary/aromatic N) is 3. The second-order valence-corrected chi connectivity index (χ2v) is 7.50. The van der Waals surface area contributed by atoms with Crippen molar-refractivity contribution in [1.82, 2.24) is 20.0 Å². The molecule has 0 fully saturated rings. The number of carbonyl (C=O) groups is 1. The standard InChI is InChI=1S/C22H24ClFN4O/c1-15-20(21(23)28(26-15)14-16-8-5-4-6-9-16)22(29)25-13-19(27(2)3)17-10-7-11-18(24)12-17/h4-12,19H,13-14H2,1-3H3,(H,25,29)/t19-/m0/s1. The molecule has 5 nitrogen and oxygen atoms in total. The smallest absolute Gasteiger partial charge is 0.256 e. The number of hydrogen-bond acceptors (Lipinski definition) is 3. The SMILES string of the molecule is Cc1nn(Cc2ccccc2)c(Cl)c1C(=O)NC[C@@H](c1cccc(F)c1)N(C)C. The van der Waals surface area contributed by atoms with Crippen molar-refractivity contribution >= 4 is 17.5 Å². The summed E-state index contributed by atoms with van der Waals surface area (Å²) in [5.74, 6) is -0.600. The first kappa shape index (κ1) is 21.0. The molecule has 1 N–H and O–H groups in total. The van der Waals surface area contributed by atoms with Crippen molar-refractivity contribution in [2.45, 2.75) is 19.5 Å². The predicted octanol–water partition coefficient (Wildman–Crippen LogP) is 4.07. The number of halogens is 2. The van der Waals surface area contributed by atoms with E-state index in [4.69, 9.17) is 11.6 Å². The van der Waals surface area contributed by atoms with Crippen molar-refractivity contribution in [3.05, 3.63) is 88.0 Å². The molecule has 1 amide bonds. The molecule has 29 heavy (non-hydrogen) atoms. The molecule has 3 aromatic rings. The molecule has 0 radical (unpaired) electrons. The summed E-state index contributed by atoms with van der Waals surface area (Å²) >= 11 is 6.47. The van der Waals surface area contributed by atoms with Crippen LogP contribution in [0.15, 0.2) is 54.6 Å². The van der Waals surface area contributed by atoms with Gasteiger partial charge in [0.05, 0.1) is 23.8 Å². The van der Waals surface area contributed by atoms with Crippen molar-refractivity contribution in [1.29, 1.82) is 0 Å². The minimum atomic E-state index is -0.304. The number of rotatable bonds is 7. The molecule has 0 saturated carbocycles. The van der Waals surface area contributed by atoms with Crippen LogP contribution in [0.4, 0.5) is 4.39 Å². The first-order valence-electron chi connectivity index (χ1n) is 9.33. The van der Waals surface area contributed by atoms with E-state index in [2.05, 4.69) is 10.4 Å². The number of aromatic nitrogens is 2. The zero-order valence-corrected chi connectivity index (χ0v) is 17.4. The number of carbonyl (C=O) groups excluding carboxylic acids is 1. The number of aryl methyl sites for hydroxylation is 1. The Morgan fingerprint density at radius 3 is 2.59 bits per heavy atom. The van der Waals surface area contributed by atoms with Crippen molar-refractivity contribution in [2.24, 2.45) is 0 Å². The van der Waals surface area contributed by atoms with Gasteiger partial charge in [-0.3, -0.25) is 4.79 Å². The summed E-state index contributed by atoms with van der Waals surface area (Å²) in [6.07, 6.45) is 0. The molecule has 0 aliphatic carbocycles. The van der Waals surface area contributed by atoms with Crippen molar-refractivity contribution < 1.29 is 9.18 Å². The molecule has 1 aromatic heterocycles. The first-order valence-corrected chi connectivity index (χ1v) is 9.71. The zero-order valence-electron chi connectivity index (χ0n) is 16.7. The fourth-order valence-corrected chi connectivity index (χ4v) is 3.58. The van der Waals surface area contributed by atoms with Crippen LogP contribution in [0.5, 0.6) is 0 Å². The average molecular weight is 415 g/mol. The van der Waals surface area contributed by atoms with Gasteiger partial charge in [0.25, 0.3) is 5.91 Å². The summed E-state index contributed by atoms with van der Waals surface area (Å²) in [7, 11) is 3.77. The van der Waals surface area contributed by atoms with E-state index in [1.54, 1.807) is 17.7 Å². The second-order valence-electron chi connectivity index (χ2n) is 7.14. The van der Waals surface area contributed by atoms with E-state index >= 15 is 0 Å². The van der Waals surface area contributed by atoms with Gasteiger partial charge < -0.3 is 10.2 Å². The Hall–Kier alpha value is -2.70. The fourth-order valence-electron chi connectivity index (χ4n) is 3.26. The maximum absolute atomic E-state index is 13.6. The highest BCUT2D eigenvalue weighted by atomic mass is 35.5. The van der Waals surface area contributed by atoms with Gasteiger partial charge in [-0.05, 0) is 44.3 Å². The van der Waals surface area contributed by atoms with Crippen LogP contribution in [0.25, 0.3) is 0 Å². The van der Waals surface area contributed by atoms with E-state index in [0.29, 0.717) is 29.5 Å². The van der Waals surface area contributed by atoms with E-state index in [0.717, 1.165) is 11.1 Å². The lowest BCUT2D eigenvalue weighted by molar-refractivity contribution is 0.0941. The quantitative estimate of drug-likeness (QED) is 0.634. The van der Waals surface area contributed by atoms with Gasteiger partial charge in [0, 0.05) is 6.54 Å². The van der Waals surface area contributed by atoms with E-state index in [1.807, 2.05) is 55.4 Å². The van der Waals surface area contributed by atoms with Crippen molar-refractivity contribution in [3.63, 3.8) is 0 Å². The Morgan fingerprint density at radius 2 is 1.93 bits per heavy atom. The molecule has 0 saturated heterocycles. The third kappa shape index (κ3) is 5.02. The number of benzene rings is 2. The summed E-state index contributed by atoms with van der Waals surface area (Å²) in [6.45, 7) is 2.56. The van der Waals surface area contributed by atoms with Crippen LogP contribution in [-0.2, 0) is 6.54 Å². The molecule has 7 heteroatoms. The first-order chi connectivity index (χ1) is 13.9. The Kier molecular flexibility index (Phi) is 6.67. The van der Waals surface area contributed by atoms with Crippen LogP contribution in [-0.4, -0.2) is 41.2 Å². The minimum absolute atomic E-state index is 0.173. The summed E-state index contributed by atoms with van der Waals surface area (Å²) in [5, 5.41) is 7.64. The maximum atomic E-state index is 13.6. The third-order valence-electron chi connectivity index (χ3n) is 4.78. The number of hydrogen-bond donors (Lipinski definition) is 1. The Labute approximate surface area is 175 Å². The van der Waals surface area contributed by atoms with E-state index in [1.165, 1.54) is 12.1 Å². The summed E-state index contributed by atoms with van der Waals surface area (Å²) in [5.41, 5.74) is 2.76. The predicted molar refractivity (Wildman–Crippen MR) is 113 cm³/mol. The monoisotopic (exact) mass is 414 g/mol. The molecule has 1 atom stereocenters. The Bertz CT molecular complexity index is 988. The topological polar surface area (TPSA) is 50.2 Å². The Balaban J connectivity index is 1.75. The molecular formula is C22H24ClFN4O. The molecule has 0 aliphatic heterocycles. The van der Waals surface area contributed by atoms with Crippen LogP contribution in [0.3, 0.4) is 0 Å². The van der Waals surface area contributed by atoms with Gasteiger partial charge in [-0.25, -0.2) is 9.07 Å². The molecule has 0 aliphatic rings. The van der Waals surface area contributed by atoms with Crippen LogP contribution in [0.2, 0.25) is 5.15 Å². The van der Waals surface area contributed by atoms with Gasteiger partial charge in [0.15, 0.2) is 0 Å². The van der Waals surface area contributed by atoms with Gasteiger partial charge in [-0.1, -0.05) is 54.1 Å². The van der Waals surface area contributed by atoms with Crippen LogP contribution < -0.4 is 5.32 Å². The maximum Gasteiger partial charge on any atom is 0.256 e. The van der Waals surface area contributed by atoms with Gasteiger partial charge in [-0.15, -0.1) is 0 Å². The molecule has 1 heterocycles. The summed E-state index contributed by atoms with van der Waals surface area (Å²) in [6, 6.07) is 16.0. The lowest BCUT2D eigenvalue weighted by Gasteiger charge is -2.25. The van der Waals surface area contributed by atoms with Crippen molar-refractivity contribution in [3.8, 4) is 0 Å². The van der Waals surface area contributed by atoms with Gasteiger partial charge in [0.2, 0.25) is 0 Å². The summed E-state index contributed by atoms with van der Waals surface area (Å²) < 4.78 is 15.2. The van der Waals surface area contributed by atoms with Crippen LogP contribution in [0, 0.1) is 12.7 Å². The highest BCUT2D eigenvalue weighted by Crippen LogP contribution is 2.22. The molecule has 152 valence electrons. The molecule has 3 rings (SSSR count).